The van der Waals surface area contributed by atoms with E-state index in [2.05, 4.69) is 9.36 Å². The van der Waals surface area contributed by atoms with Gasteiger partial charge in [0, 0.05) is 43.0 Å². The van der Waals surface area contributed by atoms with E-state index in [1.807, 2.05) is 0 Å². The number of carbonyl (C=O) groups is 1. The van der Waals surface area contributed by atoms with Gasteiger partial charge in [0.1, 0.15) is 6.61 Å². The summed E-state index contributed by atoms with van der Waals surface area (Å²) in [6.07, 6.45) is 3.47. The average Bonchev–Trinajstić information content (AvgIpc) is 3.02. The van der Waals surface area contributed by atoms with Gasteiger partial charge in [0.15, 0.2) is 0 Å². The van der Waals surface area contributed by atoms with Gasteiger partial charge in [0.05, 0.1) is 19.3 Å². The molecule has 0 saturated carbocycles. The summed E-state index contributed by atoms with van der Waals surface area (Å²) in [7, 11) is 0. The molecule has 2 aliphatic heterocycles. The molecule has 0 aliphatic carbocycles. The highest BCUT2D eigenvalue weighted by atomic mass is 32.2. The molecule has 2 saturated heterocycles. The number of morpholine rings is 1. The molecule has 2 fully saturated rings. The summed E-state index contributed by atoms with van der Waals surface area (Å²) >= 11 is 2.21. The second-order valence-electron chi connectivity index (χ2n) is 5.11. The summed E-state index contributed by atoms with van der Waals surface area (Å²) in [6.45, 7) is 3.73. The maximum absolute atomic E-state index is 12.1. The molecule has 1 unspecified atom stereocenters. The number of amides is 1. The van der Waals surface area contributed by atoms with Gasteiger partial charge < -0.3 is 19.1 Å². The van der Waals surface area contributed by atoms with Crippen molar-refractivity contribution in [3.05, 3.63) is 0 Å². The van der Waals surface area contributed by atoms with E-state index in [0.29, 0.717) is 43.3 Å². The Morgan fingerprint density at radius 1 is 1.36 bits per heavy atom. The molecule has 1 aromatic rings. The van der Waals surface area contributed by atoms with Crippen molar-refractivity contribution < 1.29 is 19.0 Å². The van der Waals surface area contributed by atoms with Gasteiger partial charge in [-0.3, -0.25) is 4.79 Å². The first-order valence-corrected chi connectivity index (χ1v) is 9.03. The lowest BCUT2D eigenvalue weighted by Gasteiger charge is -2.25. The van der Waals surface area contributed by atoms with Crippen LogP contribution in [0.1, 0.15) is 19.3 Å². The minimum atomic E-state index is -0.0386. The number of aromatic nitrogens is 2. The van der Waals surface area contributed by atoms with Gasteiger partial charge in [-0.05, 0) is 19.3 Å². The van der Waals surface area contributed by atoms with Gasteiger partial charge in [-0.15, -0.1) is 0 Å². The number of carbonyl (C=O) groups excluding carboxylic acids is 1. The normalized spacial score (nSPS) is 22.5. The van der Waals surface area contributed by atoms with Gasteiger partial charge >= 0.3 is 0 Å². The van der Waals surface area contributed by atoms with E-state index in [0.717, 1.165) is 31.2 Å². The molecule has 1 amide bonds. The van der Waals surface area contributed by atoms with Crippen LogP contribution in [-0.4, -0.2) is 65.1 Å². The lowest BCUT2D eigenvalue weighted by molar-refractivity contribution is -0.0111. The van der Waals surface area contributed by atoms with Crippen molar-refractivity contribution in [1.29, 1.82) is 0 Å². The van der Waals surface area contributed by atoms with Crippen LogP contribution in [0.2, 0.25) is 0 Å². The third kappa shape index (κ3) is 4.55. The van der Waals surface area contributed by atoms with Crippen molar-refractivity contribution in [1.82, 2.24) is 14.3 Å². The van der Waals surface area contributed by atoms with Crippen molar-refractivity contribution in [2.24, 2.45) is 0 Å². The maximum Gasteiger partial charge on any atom is 0.294 e. The Kier molecular flexibility index (Phi) is 5.88. The molecule has 1 atom stereocenters. The molecule has 1 aromatic heterocycles. The zero-order chi connectivity index (χ0) is 15.2. The first-order chi connectivity index (χ1) is 10.8. The summed E-state index contributed by atoms with van der Waals surface area (Å²) in [5.74, 6) is 0. The van der Waals surface area contributed by atoms with Crippen LogP contribution in [0, 0.1) is 0 Å². The second kappa shape index (κ2) is 8.09. The maximum atomic E-state index is 12.1. The number of thioether (sulfide) groups is 1. The number of hydrogen-bond donors (Lipinski definition) is 0. The van der Waals surface area contributed by atoms with Gasteiger partial charge in [-0.2, -0.15) is 9.36 Å². The molecule has 0 spiro atoms. The minimum absolute atomic E-state index is 0.0386. The topological polar surface area (TPSA) is 73.8 Å². The van der Waals surface area contributed by atoms with Crippen LogP contribution in [0.25, 0.3) is 0 Å². The van der Waals surface area contributed by atoms with Crippen molar-refractivity contribution in [2.45, 2.75) is 30.5 Å². The fourth-order valence-electron chi connectivity index (χ4n) is 2.29. The molecule has 22 heavy (non-hydrogen) atoms. The highest BCUT2D eigenvalue weighted by Gasteiger charge is 2.21. The molecular formula is C13H19N3O4S2. The lowest BCUT2D eigenvalue weighted by atomic mass is 10.1. The summed E-state index contributed by atoms with van der Waals surface area (Å²) in [6, 6.07) is 0. The Labute approximate surface area is 137 Å². The molecule has 7 nitrogen and oxygen atoms in total. The van der Waals surface area contributed by atoms with Crippen LogP contribution in [0.4, 0.5) is 4.79 Å². The van der Waals surface area contributed by atoms with E-state index in [-0.39, 0.29) is 11.3 Å². The fourth-order valence-corrected chi connectivity index (χ4v) is 3.65. The predicted molar refractivity (Wildman–Crippen MR) is 82.6 cm³/mol. The SMILES string of the molecule is O=C(Sc1nsc(OCC2CCCCO2)n1)N1CCOCC1. The molecule has 0 radical (unpaired) electrons. The van der Waals surface area contributed by atoms with E-state index < -0.39 is 0 Å². The first kappa shape index (κ1) is 16.0. The van der Waals surface area contributed by atoms with Crippen molar-refractivity contribution >= 4 is 28.5 Å². The molecule has 2 aliphatic rings. The minimum Gasteiger partial charge on any atom is -0.466 e. The fraction of sp³-hybridized carbons (Fsp3) is 0.769. The van der Waals surface area contributed by atoms with Gasteiger partial charge in [-0.25, -0.2) is 0 Å². The molecule has 3 heterocycles. The Hall–Kier alpha value is -0.900. The molecular weight excluding hydrogens is 326 g/mol. The molecule has 3 rings (SSSR count). The van der Waals surface area contributed by atoms with E-state index in [4.69, 9.17) is 14.2 Å². The number of ether oxygens (including phenoxy) is 3. The van der Waals surface area contributed by atoms with Crippen LogP contribution in [-0.2, 0) is 9.47 Å². The average molecular weight is 345 g/mol. The Balaban J connectivity index is 1.45. The third-order valence-corrected chi connectivity index (χ3v) is 5.05. The number of hydrogen-bond acceptors (Lipinski definition) is 8. The second-order valence-corrected chi connectivity index (χ2v) is 6.74. The zero-order valence-electron chi connectivity index (χ0n) is 12.2. The standard InChI is InChI=1S/C13H19N3O4S2/c17-13(16-4-7-18-8-5-16)21-11-14-12(22-15-11)20-9-10-3-1-2-6-19-10/h10H,1-9H2. The quantitative estimate of drug-likeness (QED) is 0.773. The van der Waals surface area contributed by atoms with Crippen LogP contribution in [0.15, 0.2) is 5.16 Å². The highest BCUT2D eigenvalue weighted by Crippen LogP contribution is 2.25. The largest absolute Gasteiger partial charge is 0.466 e. The van der Waals surface area contributed by atoms with E-state index >= 15 is 0 Å². The van der Waals surface area contributed by atoms with Crippen LogP contribution in [0.5, 0.6) is 5.19 Å². The molecule has 0 N–H and O–H groups in total. The predicted octanol–water partition coefficient (Wildman–Crippen LogP) is 2.03. The van der Waals surface area contributed by atoms with Crippen molar-refractivity contribution in [2.75, 3.05) is 39.5 Å². The molecule has 122 valence electrons. The lowest BCUT2D eigenvalue weighted by Crippen LogP contribution is -2.38. The highest BCUT2D eigenvalue weighted by molar-refractivity contribution is 8.13. The molecule has 0 aromatic carbocycles. The zero-order valence-corrected chi connectivity index (χ0v) is 13.9. The van der Waals surface area contributed by atoms with Gasteiger partial charge in [0.25, 0.3) is 10.4 Å². The van der Waals surface area contributed by atoms with E-state index in [1.54, 1.807) is 4.90 Å². The summed E-state index contributed by atoms with van der Waals surface area (Å²) in [4.78, 5) is 18.1. The van der Waals surface area contributed by atoms with Gasteiger partial charge in [-0.1, -0.05) is 0 Å². The van der Waals surface area contributed by atoms with E-state index in [1.165, 1.54) is 18.0 Å². The van der Waals surface area contributed by atoms with Crippen molar-refractivity contribution in [3.63, 3.8) is 0 Å². The smallest absolute Gasteiger partial charge is 0.294 e. The third-order valence-electron chi connectivity index (χ3n) is 3.50. The Morgan fingerprint density at radius 3 is 3.00 bits per heavy atom. The summed E-state index contributed by atoms with van der Waals surface area (Å²) in [5.41, 5.74) is 0. The Bertz CT molecular complexity index is 487. The van der Waals surface area contributed by atoms with Gasteiger partial charge in [0.2, 0.25) is 5.16 Å². The van der Waals surface area contributed by atoms with Crippen molar-refractivity contribution in [3.8, 4) is 5.19 Å². The van der Waals surface area contributed by atoms with Crippen LogP contribution in [0.3, 0.4) is 0 Å². The summed E-state index contributed by atoms with van der Waals surface area (Å²) < 4.78 is 20.6. The number of rotatable bonds is 4. The Morgan fingerprint density at radius 2 is 2.23 bits per heavy atom. The summed E-state index contributed by atoms with van der Waals surface area (Å²) in [5, 5.41) is 0.899. The molecule has 0 bridgehead atoms. The monoisotopic (exact) mass is 345 g/mol. The van der Waals surface area contributed by atoms with E-state index in [9.17, 15) is 4.79 Å². The molecule has 9 heteroatoms. The first-order valence-electron chi connectivity index (χ1n) is 7.44. The van der Waals surface area contributed by atoms with Crippen LogP contribution < -0.4 is 4.74 Å². The van der Waals surface area contributed by atoms with Crippen LogP contribution >= 0.6 is 23.3 Å². The number of nitrogens with zero attached hydrogens (tertiary/aromatic N) is 3.